The Morgan fingerprint density at radius 1 is 0.556 bits per heavy atom. The van der Waals surface area contributed by atoms with Gasteiger partial charge in [0.2, 0.25) is 0 Å². The van der Waals surface area contributed by atoms with Gasteiger partial charge in [-0.1, -0.05) is 90.4 Å². The van der Waals surface area contributed by atoms with E-state index in [0.717, 1.165) is 6.42 Å². The Balaban J connectivity index is 3.12. The Hall–Kier alpha value is -0.200. The highest BCUT2D eigenvalue weighted by Crippen LogP contribution is 2.12. The summed E-state index contributed by atoms with van der Waals surface area (Å²) in [4.78, 5) is 0. The molecule has 5 heteroatoms. The lowest BCUT2D eigenvalue weighted by Gasteiger charge is -2.13. The van der Waals surface area contributed by atoms with Gasteiger partial charge < -0.3 is 24.8 Å². The molecule has 0 aliphatic rings. The van der Waals surface area contributed by atoms with Crippen LogP contribution in [0.15, 0.2) is 0 Å². The Kier molecular flexibility index (Phi) is 21.9. The maximum absolute atomic E-state index is 9.66. The van der Waals surface area contributed by atoms with Crippen molar-refractivity contribution >= 4 is 0 Å². The van der Waals surface area contributed by atoms with Crippen molar-refractivity contribution in [1.82, 2.24) is 0 Å². The molecule has 0 bridgehead atoms. The van der Waals surface area contributed by atoms with Gasteiger partial charge in [-0.05, 0) is 6.42 Å². The summed E-state index contributed by atoms with van der Waals surface area (Å²) < 4.78 is 10.5. The lowest BCUT2D eigenvalue weighted by atomic mass is 10.0. The molecule has 0 radical (unpaired) electrons. The zero-order chi connectivity index (χ0) is 20.0. The molecule has 27 heavy (non-hydrogen) atoms. The minimum absolute atomic E-state index is 0.0342. The number of aliphatic hydroxyl groups excluding tert-OH is 3. The number of unbranched alkanes of at least 4 members (excludes halogenated alkanes) is 13. The number of hydrogen-bond acceptors (Lipinski definition) is 5. The third-order valence-corrected chi connectivity index (χ3v) is 4.78. The second-order valence-corrected chi connectivity index (χ2v) is 7.70. The second kappa shape index (κ2) is 22.1. The molecular formula is C22H46O5. The lowest BCUT2D eigenvalue weighted by Crippen LogP contribution is -2.26. The zero-order valence-electron chi connectivity index (χ0n) is 17.7. The molecule has 0 aromatic carbocycles. The van der Waals surface area contributed by atoms with Crippen LogP contribution >= 0.6 is 0 Å². The zero-order valence-corrected chi connectivity index (χ0v) is 17.7. The number of rotatable bonds is 22. The summed E-state index contributed by atoms with van der Waals surface area (Å²) in [7, 11) is 0. The van der Waals surface area contributed by atoms with Crippen LogP contribution in [0.1, 0.15) is 96.8 Å². The Morgan fingerprint density at radius 2 is 0.963 bits per heavy atom. The molecule has 2 unspecified atom stereocenters. The molecular weight excluding hydrogens is 344 g/mol. The molecule has 0 aromatic rings. The third-order valence-electron chi connectivity index (χ3n) is 4.78. The minimum Gasteiger partial charge on any atom is -0.394 e. The van der Waals surface area contributed by atoms with Crippen molar-refractivity contribution in [2.24, 2.45) is 0 Å². The largest absolute Gasteiger partial charge is 0.394 e. The third kappa shape index (κ3) is 22.0. The molecule has 0 rings (SSSR count). The van der Waals surface area contributed by atoms with E-state index >= 15 is 0 Å². The number of ether oxygens (including phenoxy) is 2. The van der Waals surface area contributed by atoms with Gasteiger partial charge in [0.1, 0.15) is 12.2 Å². The summed E-state index contributed by atoms with van der Waals surface area (Å²) in [5, 5.41) is 27.4. The van der Waals surface area contributed by atoms with Crippen LogP contribution in [-0.2, 0) is 9.47 Å². The monoisotopic (exact) mass is 390 g/mol. The highest BCUT2D eigenvalue weighted by molar-refractivity contribution is 4.55. The van der Waals surface area contributed by atoms with Crippen LogP contribution in [0, 0.1) is 0 Å². The molecule has 0 aliphatic heterocycles. The highest BCUT2D eigenvalue weighted by atomic mass is 16.5. The standard InChI is InChI=1S/C22H46O5/c1-2-3-4-5-6-7-8-9-10-11-12-13-14-15-16-26-19-22(25)20-27-18-21(24)17-23/h21-25H,2-20H2,1H3. The molecule has 2 atom stereocenters. The average molecular weight is 391 g/mol. The van der Waals surface area contributed by atoms with Crippen molar-refractivity contribution < 1.29 is 24.8 Å². The van der Waals surface area contributed by atoms with E-state index in [1.54, 1.807) is 0 Å². The maximum atomic E-state index is 9.66. The van der Waals surface area contributed by atoms with Gasteiger partial charge in [0.05, 0.1) is 26.4 Å². The molecule has 5 nitrogen and oxygen atoms in total. The summed E-state index contributed by atoms with van der Waals surface area (Å²) >= 11 is 0. The maximum Gasteiger partial charge on any atom is 0.101 e. The van der Waals surface area contributed by atoms with E-state index in [9.17, 15) is 5.11 Å². The predicted molar refractivity (Wildman–Crippen MR) is 111 cm³/mol. The van der Waals surface area contributed by atoms with E-state index < -0.39 is 12.2 Å². The van der Waals surface area contributed by atoms with Crippen LogP contribution in [0.2, 0.25) is 0 Å². The number of hydrogen-bond donors (Lipinski definition) is 3. The van der Waals surface area contributed by atoms with Gasteiger partial charge in [0.15, 0.2) is 0 Å². The molecule has 3 N–H and O–H groups in total. The van der Waals surface area contributed by atoms with E-state index in [1.807, 2.05) is 0 Å². The van der Waals surface area contributed by atoms with Gasteiger partial charge in [-0.3, -0.25) is 0 Å². The van der Waals surface area contributed by atoms with Crippen LogP contribution in [0.3, 0.4) is 0 Å². The summed E-state index contributed by atoms with van der Waals surface area (Å²) in [6.45, 7) is 3.03. The predicted octanol–water partition coefficient (Wildman–Crippen LogP) is 4.22. The molecule has 0 fully saturated rings. The molecule has 0 spiro atoms. The fourth-order valence-electron chi connectivity index (χ4n) is 3.06. The van der Waals surface area contributed by atoms with Gasteiger partial charge in [-0.25, -0.2) is 0 Å². The SMILES string of the molecule is CCCCCCCCCCCCCCCCOCC(O)COCC(O)CO. The molecule has 164 valence electrons. The van der Waals surface area contributed by atoms with Gasteiger partial charge in [0, 0.05) is 6.61 Å². The quantitative estimate of drug-likeness (QED) is 0.241. The first-order valence-electron chi connectivity index (χ1n) is 11.3. The summed E-state index contributed by atoms with van der Waals surface area (Å²) in [6.07, 6.45) is 17.2. The van der Waals surface area contributed by atoms with Crippen molar-refractivity contribution in [2.45, 2.75) is 109 Å². The van der Waals surface area contributed by atoms with E-state index in [1.165, 1.54) is 83.5 Å². The first-order chi connectivity index (χ1) is 13.2. The van der Waals surface area contributed by atoms with Gasteiger partial charge in [-0.15, -0.1) is 0 Å². The highest BCUT2D eigenvalue weighted by Gasteiger charge is 2.07. The topological polar surface area (TPSA) is 79.2 Å². The second-order valence-electron chi connectivity index (χ2n) is 7.70. The molecule has 0 amide bonds. The van der Waals surface area contributed by atoms with E-state index in [4.69, 9.17) is 19.7 Å². The van der Waals surface area contributed by atoms with E-state index in [-0.39, 0.29) is 26.4 Å². The van der Waals surface area contributed by atoms with Crippen molar-refractivity contribution in [3.8, 4) is 0 Å². The van der Waals surface area contributed by atoms with E-state index in [2.05, 4.69) is 6.92 Å². The van der Waals surface area contributed by atoms with Gasteiger partial charge in [0.25, 0.3) is 0 Å². The van der Waals surface area contributed by atoms with Crippen LogP contribution in [0.5, 0.6) is 0 Å². The minimum atomic E-state index is -0.881. The van der Waals surface area contributed by atoms with Crippen molar-refractivity contribution in [2.75, 3.05) is 33.0 Å². The Labute approximate surface area is 167 Å². The average Bonchev–Trinajstić information content (AvgIpc) is 2.67. The first kappa shape index (κ1) is 26.8. The van der Waals surface area contributed by atoms with Crippen LogP contribution in [0.4, 0.5) is 0 Å². The van der Waals surface area contributed by atoms with Crippen LogP contribution < -0.4 is 0 Å². The molecule has 0 heterocycles. The summed E-state index contributed by atoms with van der Waals surface area (Å²) in [5.74, 6) is 0. The first-order valence-corrected chi connectivity index (χ1v) is 11.3. The van der Waals surface area contributed by atoms with E-state index in [0.29, 0.717) is 6.61 Å². The summed E-state index contributed by atoms with van der Waals surface area (Å²) in [6, 6.07) is 0. The van der Waals surface area contributed by atoms with Crippen LogP contribution in [0.25, 0.3) is 0 Å². The summed E-state index contributed by atoms with van der Waals surface area (Å²) in [5.41, 5.74) is 0. The fraction of sp³-hybridized carbons (Fsp3) is 1.00. The lowest BCUT2D eigenvalue weighted by molar-refractivity contribution is -0.0481. The molecule has 0 aromatic heterocycles. The Morgan fingerprint density at radius 3 is 1.44 bits per heavy atom. The van der Waals surface area contributed by atoms with Crippen molar-refractivity contribution in [3.05, 3.63) is 0 Å². The molecule has 0 saturated carbocycles. The Bertz CT molecular complexity index is 275. The smallest absolute Gasteiger partial charge is 0.101 e. The normalized spacial score (nSPS) is 13.8. The van der Waals surface area contributed by atoms with Crippen molar-refractivity contribution in [3.63, 3.8) is 0 Å². The number of aliphatic hydroxyl groups is 3. The van der Waals surface area contributed by atoms with Gasteiger partial charge >= 0.3 is 0 Å². The molecule has 0 saturated heterocycles. The van der Waals surface area contributed by atoms with Crippen molar-refractivity contribution in [1.29, 1.82) is 0 Å². The van der Waals surface area contributed by atoms with Gasteiger partial charge in [-0.2, -0.15) is 0 Å². The molecule has 0 aliphatic carbocycles. The van der Waals surface area contributed by atoms with Crippen LogP contribution in [-0.4, -0.2) is 60.6 Å². The fourth-order valence-corrected chi connectivity index (χ4v) is 3.06.